The van der Waals surface area contributed by atoms with Crippen LogP contribution < -0.4 is 5.32 Å². The van der Waals surface area contributed by atoms with E-state index in [4.69, 9.17) is 0 Å². The normalized spacial score (nSPS) is 21.8. The van der Waals surface area contributed by atoms with Gasteiger partial charge in [0.1, 0.15) is 0 Å². The van der Waals surface area contributed by atoms with E-state index >= 15 is 0 Å². The molecular formula is C10H19N. The van der Waals surface area contributed by atoms with Crippen molar-refractivity contribution in [2.75, 3.05) is 7.05 Å². The lowest BCUT2D eigenvalue weighted by Gasteiger charge is -2.23. The van der Waals surface area contributed by atoms with E-state index in [1.54, 1.807) is 0 Å². The van der Waals surface area contributed by atoms with Crippen molar-refractivity contribution in [1.82, 2.24) is 5.32 Å². The maximum Gasteiger partial charge on any atom is 0.00922 e. The molecular weight excluding hydrogens is 134 g/mol. The van der Waals surface area contributed by atoms with Crippen molar-refractivity contribution < 1.29 is 0 Å². The molecule has 0 aromatic carbocycles. The van der Waals surface area contributed by atoms with Gasteiger partial charge < -0.3 is 5.32 Å². The lowest BCUT2D eigenvalue weighted by molar-refractivity contribution is 0.390. The van der Waals surface area contributed by atoms with Crippen LogP contribution in [-0.2, 0) is 0 Å². The predicted octanol–water partition coefficient (Wildman–Crippen LogP) is 2.69. The monoisotopic (exact) mass is 153 g/mol. The summed E-state index contributed by atoms with van der Waals surface area (Å²) in [5, 5.41) is 3.28. The molecule has 11 heavy (non-hydrogen) atoms. The summed E-state index contributed by atoms with van der Waals surface area (Å²) in [6.07, 6.45) is 9.28. The zero-order valence-corrected chi connectivity index (χ0v) is 7.69. The van der Waals surface area contributed by atoms with Crippen LogP contribution in [0.3, 0.4) is 0 Å². The smallest absolute Gasteiger partial charge is 0.00922 e. The minimum atomic E-state index is 0.832. The summed E-state index contributed by atoms with van der Waals surface area (Å²) < 4.78 is 0. The van der Waals surface area contributed by atoms with Gasteiger partial charge in [0.15, 0.2) is 0 Å². The van der Waals surface area contributed by atoms with E-state index in [1.807, 2.05) is 7.05 Å². The van der Waals surface area contributed by atoms with E-state index in [9.17, 15) is 0 Å². The molecule has 1 nitrogen and oxygen atoms in total. The molecule has 0 aromatic heterocycles. The fourth-order valence-electron chi connectivity index (χ4n) is 2.00. The fourth-order valence-corrected chi connectivity index (χ4v) is 2.00. The zero-order chi connectivity index (χ0) is 8.10. The van der Waals surface area contributed by atoms with Crippen LogP contribution >= 0.6 is 0 Å². The van der Waals surface area contributed by atoms with Gasteiger partial charge in [0, 0.05) is 12.7 Å². The van der Waals surface area contributed by atoms with Gasteiger partial charge in [-0.05, 0) is 25.7 Å². The summed E-state index contributed by atoms with van der Waals surface area (Å²) in [7, 11) is 2.03. The molecule has 1 fully saturated rings. The Labute approximate surface area is 69.9 Å². The third-order valence-electron chi connectivity index (χ3n) is 2.64. The van der Waals surface area contributed by atoms with Crippen LogP contribution in [0.4, 0.5) is 0 Å². The molecule has 0 aromatic rings. The van der Waals surface area contributed by atoms with E-state index < -0.39 is 0 Å². The highest BCUT2D eigenvalue weighted by Gasteiger charge is 2.15. The van der Waals surface area contributed by atoms with Crippen LogP contribution in [-0.4, -0.2) is 7.05 Å². The summed E-state index contributed by atoms with van der Waals surface area (Å²) in [6.45, 7) is 2.13. The average Bonchev–Trinajstić information content (AvgIpc) is 2.09. The predicted molar refractivity (Wildman–Crippen MR) is 49.4 cm³/mol. The van der Waals surface area contributed by atoms with E-state index in [1.165, 1.54) is 37.8 Å². The van der Waals surface area contributed by atoms with Crippen molar-refractivity contribution in [2.24, 2.45) is 5.92 Å². The van der Waals surface area contributed by atoms with Gasteiger partial charge in [0.05, 0.1) is 0 Å². The standard InChI is InChI=1S/C10H19N/c1-3-10(11-2)9-7-5-4-6-8-9/h3,9,11H,4-8H2,1-2H3/b10-3-. The largest absolute Gasteiger partial charge is 0.391 e. The van der Waals surface area contributed by atoms with Crippen molar-refractivity contribution in [1.29, 1.82) is 0 Å². The summed E-state index contributed by atoms with van der Waals surface area (Å²) in [4.78, 5) is 0. The zero-order valence-electron chi connectivity index (χ0n) is 7.69. The van der Waals surface area contributed by atoms with Crippen molar-refractivity contribution in [3.63, 3.8) is 0 Å². The first-order chi connectivity index (χ1) is 5.38. The number of hydrogen-bond donors (Lipinski definition) is 1. The number of nitrogens with one attached hydrogen (secondary N) is 1. The maximum absolute atomic E-state index is 3.28. The topological polar surface area (TPSA) is 12.0 Å². The van der Waals surface area contributed by atoms with Gasteiger partial charge in [-0.15, -0.1) is 0 Å². The highest BCUT2D eigenvalue weighted by Crippen LogP contribution is 2.27. The molecule has 1 rings (SSSR count). The molecule has 0 spiro atoms. The van der Waals surface area contributed by atoms with E-state index in [2.05, 4.69) is 18.3 Å². The maximum atomic E-state index is 3.28. The Bertz CT molecular complexity index is 132. The molecule has 0 atom stereocenters. The lowest BCUT2D eigenvalue weighted by Crippen LogP contribution is -2.18. The second kappa shape index (κ2) is 4.42. The number of hydrogen-bond acceptors (Lipinski definition) is 1. The van der Waals surface area contributed by atoms with Gasteiger partial charge in [-0.25, -0.2) is 0 Å². The van der Waals surface area contributed by atoms with Gasteiger partial charge in [-0.2, -0.15) is 0 Å². The van der Waals surface area contributed by atoms with Crippen molar-refractivity contribution in [3.8, 4) is 0 Å². The highest BCUT2D eigenvalue weighted by atomic mass is 14.8. The first kappa shape index (κ1) is 8.63. The third-order valence-corrected chi connectivity index (χ3v) is 2.64. The van der Waals surface area contributed by atoms with Crippen LogP contribution in [0.25, 0.3) is 0 Å². The number of allylic oxidation sites excluding steroid dienone is 2. The second-order valence-corrected chi connectivity index (χ2v) is 3.33. The Hall–Kier alpha value is -0.460. The van der Waals surface area contributed by atoms with Gasteiger partial charge in [0.2, 0.25) is 0 Å². The quantitative estimate of drug-likeness (QED) is 0.643. The molecule has 0 radical (unpaired) electrons. The highest BCUT2D eigenvalue weighted by molar-refractivity contribution is 5.03. The van der Waals surface area contributed by atoms with Crippen LogP contribution in [0.1, 0.15) is 39.0 Å². The van der Waals surface area contributed by atoms with E-state index in [-0.39, 0.29) is 0 Å². The molecule has 0 saturated heterocycles. The Morgan fingerprint density at radius 2 is 1.91 bits per heavy atom. The fraction of sp³-hybridized carbons (Fsp3) is 0.800. The minimum Gasteiger partial charge on any atom is -0.391 e. The molecule has 1 saturated carbocycles. The van der Waals surface area contributed by atoms with Crippen LogP contribution in [0.2, 0.25) is 0 Å². The van der Waals surface area contributed by atoms with Gasteiger partial charge in [-0.1, -0.05) is 25.3 Å². The first-order valence-electron chi connectivity index (χ1n) is 4.72. The number of rotatable bonds is 2. The van der Waals surface area contributed by atoms with E-state index in [0.29, 0.717) is 0 Å². The SMILES string of the molecule is C/C=C(\NC)C1CCCCC1. The molecule has 0 unspecified atom stereocenters. The average molecular weight is 153 g/mol. The first-order valence-corrected chi connectivity index (χ1v) is 4.72. The Morgan fingerprint density at radius 1 is 1.27 bits per heavy atom. The molecule has 1 heteroatoms. The Morgan fingerprint density at radius 3 is 2.36 bits per heavy atom. The Kier molecular flexibility index (Phi) is 3.47. The summed E-state index contributed by atoms with van der Waals surface area (Å²) >= 11 is 0. The van der Waals surface area contributed by atoms with Gasteiger partial charge >= 0.3 is 0 Å². The molecule has 0 heterocycles. The van der Waals surface area contributed by atoms with Gasteiger partial charge in [0.25, 0.3) is 0 Å². The molecule has 1 N–H and O–H groups in total. The summed E-state index contributed by atoms with van der Waals surface area (Å²) in [5.41, 5.74) is 1.45. The van der Waals surface area contributed by atoms with E-state index in [0.717, 1.165) is 5.92 Å². The van der Waals surface area contributed by atoms with Crippen molar-refractivity contribution in [3.05, 3.63) is 11.8 Å². The van der Waals surface area contributed by atoms with Crippen LogP contribution in [0.15, 0.2) is 11.8 Å². The van der Waals surface area contributed by atoms with Crippen LogP contribution in [0.5, 0.6) is 0 Å². The van der Waals surface area contributed by atoms with Gasteiger partial charge in [-0.3, -0.25) is 0 Å². The Balaban J connectivity index is 2.43. The summed E-state index contributed by atoms with van der Waals surface area (Å²) in [5.74, 6) is 0.832. The molecule has 1 aliphatic carbocycles. The summed E-state index contributed by atoms with van der Waals surface area (Å²) in [6, 6.07) is 0. The minimum absolute atomic E-state index is 0.832. The molecule has 0 bridgehead atoms. The molecule has 1 aliphatic rings. The molecule has 0 aliphatic heterocycles. The molecule has 0 amide bonds. The van der Waals surface area contributed by atoms with Crippen LogP contribution in [0, 0.1) is 5.92 Å². The molecule has 64 valence electrons. The second-order valence-electron chi connectivity index (χ2n) is 3.33. The lowest BCUT2D eigenvalue weighted by atomic mass is 9.87. The van der Waals surface area contributed by atoms with Crippen molar-refractivity contribution in [2.45, 2.75) is 39.0 Å². The van der Waals surface area contributed by atoms with Crippen molar-refractivity contribution >= 4 is 0 Å². The third kappa shape index (κ3) is 2.25.